The quantitative estimate of drug-likeness (QED) is 0.845. The van der Waals surface area contributed by atoms with E-state index in [2.05, 4.69) is 4.98 Å². The Balaban J connectivity index is 2.13. The first-order chi connectivity index (χ1) is 9.06. The number of carbonyl (C=O) groups excluding carboxylic acids is 1. The highest BCUT2D eigenvalue weighted by Crippen LogP contribution is 2.30. The summed E-state index contributed by atoms with van der Waals surface area (Å²) in [5.74, 6) is 0.735. The molecule has 19 heavy (non-hydrogen) atoms. The highest BCUT2D eigenvalue weighted by atomic mass is 32.1. The number of likely N-dealkylation sites (tertiary alicyclic amines) is 1. The molecule has 1 fully saturated rings. The van der Waals surface area contributed by atoms with Gasteiger partial charge in [0, 0.05) is 26.7 Å². The second kappa shape index (κ2) is 5.75. The summed E-state index contributed by atoms with van der Waals surface area (Å²) in [5, 5.41) is 0.790. The van der Waals surface area contributed by atoms with Crippen molar-refractivity contribution in [1.82, 2.24) is 9.88 Å². The molecule has 0 spiro atoms. The number of hydrogen-bond donors (Lipinski definition) is 2. The van der Waals surface area contributed by atoms with E-state index >= 15 is 0 Å². The Morgan fingerprint density at radius 1 is 1.63 bits per heavy atom. The molecule has 1 saturated heterocycles. The van der Waals surface area contributed by atoms with Crippen LogP contribution in [0.4, 0.5) is 10.9 Å². The summed E-state index contributed by atoms with van der Waals surface area (Å²) in [6, 6.07) is 0. The monoisotopic (exact) mass is 283 g/mol. The van der Waals surface area contributed by atoms with Crippen molar-refractivity contribution in [3.05, 3.63) is 4.88 Å². The Hall–Kier alpha value is -1.34. The molecule has 0 radical (unpaired) electrons. The highest BCUT2D eigenvalue weighted by Gasteiger charge is 2.29. The summed E-state index contributed by atoms with van der Waals surface area (Å²) in [7, 11) is 1.94. The van der Waals surface area contributed by atoms with E-state index in [4.69, 9.17) is 11.5 Å². The number of nitrogens with two attached hydrogens (primary N) is 2. The van der Waals surface area contributed by atoms with Gasteiger partial charge in [0.25, 0.3) is 5.91 Å². The molecule has 106 valence electrons. The fourth-order valence-corrected chi connectivity index (χ4v) is 3.10. The molecule has 0 aliphatic carbocycles. The molecule has 1 aliphatic rings. The van der Waals surface area contributed by atoms with E-state index in [9.17, 15) is 4.79 Å². The lowest BCUT2D eigenvalue weighted by Gasteiger charge is -2.15. The summed E-state index contributed by atoms with van der Waals surface area (Å²) in [6.07, 6.45) is 0.975. The second-order valence-corrected chi connectivity index (χ2v) is 5.84. The maximum Gasteiger partial charge on any atom is 0.267 e. The number of thiazole rings is 1. The Morgan fingerprint density at radius 2 is 2.37 bits per heavy atom. The first kappa shape index (κ1) is 14.1. The molecule has 1 aromatic heterocycles. The number of aromatic nitrogens is 1. The number of amides is 1. The average Bonchev–Trinajstić information content (AvgIpc) is 3.03. The van der Waals surface area contributed by atoms with Gasteiger partial charge >= 0.3 is 0 Å². The van der Waals surface area contributed by atoms with Crippen LogP contribution < -0.4 is 16.4 Å². The van der Waals surface area contributed by atoms with Gasteiger partial charge in [0.2, 0.25) is 0 Å². The number of carbonyl (C=O) groups is 1. The van der Waals surface area contributed by atoms with Gasteiger partial charge in [0.1, 0.15) is 10.7 Å². The highest BCUT2D eigenvalue weighted by molar-refractivity contribution is 7.18. The summed E-state index contributed by atoms with van der Waals surface area (Å²) < 4.78 is 0. The van der Waals surface area contributed by atoms with Crippen LogP contribution in [0.2, 0.25) is 0 Å². The predicted molar refractivity (Wildman–Crippen MR) is 78.5 cm³/mol. The summed E-state index contributed by atoms with van der Waals surface area (Å²) in [6.45, 7) is 4.99. The standard InChI is InChI=1S/C12H21N5OS/c1-3-16(2)12-15-10(14)9(19-12)11(18)17-5-4-8(6-13)7-17/h8H,3-7,13-14H2,1-2H3. The fraction of sp³-hybridized carbons (Fsp3) is 0.667. The van der Waals surface area contributed by atoms with E-state index in [0.717, 1.165) is 31.2 Å². The Bertz CT molecular complexity index is 461. The molecular weight excluding hydrogens is 262 g/mol. The van der Waals surface area contributed by atoms with Crippen molar-refractivity contribution in [1.29, 1.82) is 0 Å². The van der Waals surface area contributed by atoms with Crippen molar-refractivity contribution in [3.63, 3.8) is 0 Å². The van der Waals surface area contributed by atoms with E-state index in [1.807, 2.05) is 23.8 Å². The van der Waals surface area contributed by atoms with E-state index in [1.165, 1.54) is 11.3 Å². The van der Waals surface area contributed by atoms with Crippen LogP contribution in [0.25, 0.3) is 0 Å². The van der Waals surface area contributed by atoms with Gasteiger partial charge in [-0.2, -0.15) is 0 Å². The predicted octanol–water partition coefficient (Wildman–Crippen LogP) is 0.602. The molecule has 1 atom stereocenters. The van der Waals surface area contributed by atoms with E-state index < -0.39 is 0 Å². The lowest BCUT2D eigenvalue weighted by atomic mass is 10.1. The Labute approximate surface area is 117 Å². The zero-order chi connectivity index (χ0) is 14.0. The van der Waals surface area contributed by atoms with Gasteiger partial charge in [-0.15, -0.1) is 0 Å². The van der Waals surface area contributed by atoms with Crippen LogP contribution in [0.15, 0.2) is 0 Å². The number of nitrogens with zero attached hydrogens (tertiary/aromatic N) is 3. The van der Waals surface area contributed by atoms with Crippen LogP contribution >= 0.6 is 11.3 Å². The van der Waals surface area contributed by atoms with Gasteiger partial charge in [0.15, 0.2) is 5.13 Å². The van der Waals surface area contributed by atoms with Gasteiger partial charge in [-0.25, -0.2) is 4.98 Å². The molecule has 0 bridgehead atoms. The van der Waals surface area contributed by atoms with Crippen molar-refractivity contribution >= 4 is 28.2 Å². The molecule has 2 rings (SSSR count). The molecule has 1 aromatic rings. The maximum atomic E-state index is 12.4. The molecule has 1 aliphatic heterocycles. The molecule has 7 heteroatoms. The zero-order valence-corrected chi connectivity index (χ0v) is 12.2. The minimum Gasteiger partial charge on any atom is -0.382 e. The third kappa shape index (κ3) is 2.82. The van der Waals surface area contributed by atoms with Gasteiger partial charge in [-0.1, -0.05) is 11.3 Å². The van der Waals surface area contributed by atoms with Crippen LogP contribution in [-0.2, 0) is 0 Å². The van der Waals surface area contributed by atoms with Crippen molar-refractivity contribution < 1.29 is 4.79 Å². The number of anilines is 2. The molecular formula is C12H21N5OS. The molecule has 0 aromatic carbocycles. The van der Waals surface area contributed by atoms with Crippen LogP contribution in [0.5, 0.6) is 0 Å². The van der Waals surface area contributed by atoms with Gasteiger partial charge in [0.05, 0.1) is 0 Å². The summed E-state index contributed by atoms with van der Waals surface area (Å²) in [4.78, 5) is 21.0. The molecule has 4 N–H and O–H groups in total. The van der Waals surface area contributed by atoms with Crippen LogP contribution in [0.1, 0.15) is 23.0 Å². The first-order valence-corrected chi connectivity index (χ1v) is 7.35. The minimum absolute atomic E-state index is 0.0123. The molecule has 6 nitrogen and oxygen atoms in total. The Kier molecular flexibility index (Phi) is 4.26. The number of hydrogen-bond acceptors (Lipinski definition) is 6. The van der Waals surface area contributed by atoms with Gasteiger partial charge in [-0.05, 0) is 25.8 Å². The lowest BCUT2D eigenvalue weighted by Crippen LogP contribution is -2.29. The van der Waals surface area contributed by atoms with Crippen molar-refractivity contribution in [2.75, 3.05) is 43.9 Å². The number of rotatable bonds is 4. The van der Waals surface area contributed by atoms with Gasteiger partial charge < -0.3 is 21.3 Å². The molecule has 1 amide bonds. The second-order valence-electron chi connectivity index (χ2n) is 4.87. The van der Waals surface area contributed by atoms with Gasteiger partial charge in [-0.3, -0.25) is 4.79 Å². The summed E-state index contributed by atoms with van der Waals surface area (Å²) in [5.41, 5.74) is 11.5. The molecule has 0 saturated carbocycles. The van der Waals surface area contributed by atoms with E-state index in [-0.39, 0.29) is 5.91 Å². The third-order valence-corrected chi connectivity index (χ3v) is 4.72. The fourth-order valence-electron chi connectivity index (χ4n) is 2.13. The van der Waals surface area contributed by atoms with Crippen LogP contribution in [-0.4, -0.2) is 49.0 Å². The topological polar surface area (TPSA) is 88.5 Å². The molecule has 2 heterocycles. The van der Waals surface area contributed by atoms with Crippen LogP contribution in [0, 0.1) is 5.92 Å². The third-order valence-electron chi connectivity index (χ3n) is 3.54. The van der Waals surface area contributed by atoms with Crippen molar-refractivity contribution in [2.45, 2.75) is 13.3 Å². The minimum atomic E-state index is -0.0123. The summed E-state index contributed by atoms with van der Waals surface area (Å²) >= 11 is 1.36. The van der Waals surface area contributed by atoms with Crippen molar-refractivity contribution in [2.24, 2.45) is 11.7 Å². The van der Waals surface area contributed by atoms with Crippen molar-refractivity contribution in [3.8, 4) is 0 Å². The lowest BCUT2D eigenvalue weighted by molar-refractivity contribution is 0.0793. The molecule has 1 unspecified atom stereocenters. The van der Waals surface area contributed by atoms with E-state index in [0.29, 0.717) is 23.2 Å². The first-order valence-electron chi connectivity index (χ1n) is 6.53. The normalized spacial score (nSPS) is 18.9. The maximum absolute atomic E-state index is 12.4. The SMILES string of the molecule is CCN(C)c1nc(N)c(C(=O)N2CCC(CN)C2)s1. The van der Waals surface area contributed by atoms with Crippen LogP contribution in [0.3, 0.4) is 0 Å². The van der Waals surface area contributed by atoms with E-state index in [1.54, 1.807) is 0 Å². The smallest absolute Gasteiger partial charge is 0.267 e. The number of nitrogen functional groups attached to an aromatic ring is 1. The average molecular weight is 283 g/mol. The largest absolute Gasteiger partial charge is 0.382 e. The zero-order valence-electron chi connectivity index (χ0n) is 11.4. The Morgan fingerprint density at radius 3 is 2.95 bits per heavy atom.